The smallest absolute Gasteiger partial charge is 0.301 e. The molecule has 1 unspecified atom stereocenters. The molecule has 0 spiro atoms. The number of aliphatic hydroxyl groups excluding tert-OH is 1. The minimum absolute atomic E-state index is 0.0202. The molecule has 1 aliphatic heterocycles. The van der Waals surface area contributed by atoms with Crippen LogP contribution in [0.15, 0.2) is 78.5 Å². The van der Waals surface area contributed by atoms with Crippen LogP contribution in [0, 0.1) is 6.92 Å². The van der Waals surface area contributed by atoms with Gasteiger partial charge >= 0.3 is 5.91 Å². The number of ketones is 1. The number of aromatic nitrogens is 1. The van der Waals surface area contributed by atoms with E-state index in [0.29, 0.717) is 22.0 Å². The van der Waals surface area contributed by atoms with Crippen LogP contribution in [0.1, 0.15) is 22.7 Å². The lowest BCUT2D eigenvalue weighted by molar-refractivity contribution is -0.132. The summed E-state index contributed by atoms with van der Waals surface area (Å²) in [7, 11) is 0. The van der Waals surface area contributed by atoms with Gasteiger partial charge in [-0.25, -0.2) is 4.98 Å². The summed E-state index contributed by atoms with van der Waals surface area (Å²) < 4.78 is 0. The maximum Gasteiger partial charge on any atom is 0.301 e. The highest BCUT2D eigenvalue weighted by Gasteiger charge is 2.47. The van der Waals surface area contributed by atoms with Gasteiger partial charge in [-0.05, 0) is 36.8 Å². The fourth-order valence-electron chi connectivity index (χ4n) is 3.39. The molecular formula is C23H17ClN2O3. The van der Waals surface area contributed by atoms with Crippen molar-refractivity contribution in [1.29, 1.82) is 0 Å². The second kappa shape index (κ2) is 7.53. The fourth-order valence-corrected chi connectivity index (χ4v) is 3.52. The third-order valence-corrected chi connectivity index (χ3v) is 5.10. The number of carbonyl (C=O) groups is 2. The third-order valence-electron chi connectivity index (χ3n) is 4.85. The van der Waals surface area contributed by atoms with Crippen LogP contribution in [0.3, 0.4) is 0 Å². The van der Waals surface area contributed by atoms with Crippen LogP contribution in [0.4, 0.5) is 5.82 Å². The van der Waals surface area contributed by atoms with E-state index in [1.165, 1.54) is 4.90 Å². The number of anilines is 1. The van der Waals surface area contributed by atoms with E-state index in [0.717, 1.165) is 5.56 Å². The van der Waals surface area contributed by atoms with Crippen molar-refractivity contribution in [3.05, 3.63) is 100 Å². The Bertz CT molecular complexity index is 1110. The van der Waals surface area contributed by atoms with E-state index in [2.05, 4.69) is 4.98 Å². The Morgan fingerprint density at radius 2 is 1.69 bits per heavy atom. The molecule has 2 heterocycles. The first-order chi connectivity index (χ1) is 14.0. The Hall–Kier alpha value is -3.44. The maximum absolute atomic E-state index is 13.0. The first kappa shape index (κ1) is 18.9. The van der Waals surface area contributed by atoms with Gasteiger partial charge in [-0.1, -0.05) is 59.6 Å². The zero-order valence-corrected chi connectivity index (χ0v) is 16.3. The van der Waals surface area contributed by atoms with Crippen LogP contribution < -0.4 is 4.90 Å². The highest BCUT2D eigenvalue weighted by atomic mass is 35.5. The van der Waals surface area contributed by atoms with Gasteiger partial charge in [0.2, 0.25) is 0 Å². The Morgan fingerprint density at radius 3 is 2.31 bits per heavy atom. The topological polar surface area (TPSA) is 70.5 Å². The van der Waals surface area contributed by atoms with Gasteiger partial charge in [-0.2, -0.15) is 0 Å². The summed E-state index contributed by atoms with van der Waals surface area (Å²) in [5.74, 6) is -1.38. The van der Waals surface area contributed by atoms with E-state index >= 15 is 0 Å². The number of rotatable bonds is 3. The predicted octanol–water partition coefficient (Wildman–Crippen LogP) is 4.67. The van der Waals surface area contributed by atoms with Crippen molar-refractivity contribution in [3.8, 4) is 0 Å². The minimum Gasteiger partial charge on any atom is -0.507 e. The lowest BCUT2D eigenvalue weighted by Gasteiger charge is -2.24. The van der Waals surface area contributed by atoms with Crippen molar-refractivity contribution in [2.75, 3.05) is 4.90 Å². The number of nitrogens with zero attached hydrogens (tertiary/aromatic N) is 2. The molecule has 5 nitrogen and oxygen atoms in total. The minimum atomic E-state index is -0.816. The lowest BCUT2D eigenvalue weighted by atomic mass is 9.95. The molecule has 3 aromatic rings. The molecule has 1 atom stereocenters. The number of halogens is 1. The van der Waals surface area contributed by atoms with Gasteiger partial charge < -0.3 is 5.11 Å². The summed E-state index contributed by atoms with van der Waals surface area (Å²) in [4.78, 5) is 31.4. The highest BCUT2D eigenvalue weighted by molar-refractivity contribution is 6.51. The molecule has 2 aromatic carbocycles. The Balaban J connectivity index is 1.94. The Kier molecular flexibility index (Phi) is 4.91. The summed E-state index contributed by atoms with van der Waals surface area (Å²) in [5.41, 5.74) is 2.15. The number of amides is 1. The average molecular weight is 405 g/mol. The van der Waals surface area contributed by atoms with Crippen molar-refractivity contribution in [2.24, 2.45) is 0 Å². The largest absolute Gasteiger partial charge is 0.507 e. The standard InChI is InChI=1S/C23H17ClN2O3/c1-14-5-7-16(8-6-14)21(27)19-20(15-9-11-17(24)12-10-15)26(23(29)22(19)28)18-4-2-3-13-25-18/h2-13,20,27H,1H3/b21-19-. The molecule has 0 radical (unpaired) electrons. The van der Waals surface area contributed by atoms with E-state index in [9.17, 15) is 14.7 Å². The van der Waals surface area contributed by atoms with Crippen LogP contribution in [0.25, 0.3) is 5.76 Å². The zero-order chi connectivity index (χ0) is 20.5. The van der Waals surface area contributed by atoms with Gasteiger partial charge in [0.15, 0.2) is 0 Å². The van der Waals surface area contributed by atoms with Crippen molar-refractivity contribution < 1.29 is 14.7 Å². The summed E-state index contributed by atoms with van der Waals surface area (Å²) >= 11 is 6.02. The van der Waals surface area contributed by atoms with Gasteiger partial charge in [0.25, 0.3) is 5.78 Å². The second-order valence-electron chi connectivity index (χ2n) is 6.77. The number of benzene rings is 2. The number of hydrogen-bond donors (Lipinski definition) is 1. The van der Waals surface area contributed by atoms with E-state index in [4.69, 9.17) is 11.6 Å². The van der Waals surface area contributed by atoms with Gasteiger partial charge in [0.05, 0.1) is 11.6 Å². The first-order valence-corrected chi connectivity index (χ1v) is 9.39. The highest BCUT2D eigenvalue weighted by Crippen LogP contribution is 2.41. The SMILES string of the molecule is Cc1ccc(/C(O)=C2/C(=O)C(=O)N(c3ccccn3)C2c2ccc(Cl)cc2)cc1. The van der Waals surface area contributed by atoms with Gasteiger partial charge in [-0.3, -0.25) is 14.5 Å². The molecule has 1 fully saturated rings. The molecule has 1 amide bonds. The molecule has 29 heavy (non-hydrogen) atoms. The maximum atomic E-state index is 13.0. The van der Waals surface area contributed by atoms with E-state index < -0.39 is 17.7 Å². The van der Waals surface area contributed by atoms with Crippen LogP contribution in [-0.2, 0) is 9.59 Å². The summed E-state index contributed by atoms with van der Waals surface area (Å²) in [6.45, 7) is 1.93. The van der Waals surface area contributed by atoms with Crippen molar-refractivity contribution in [2.45, 2.75) is 13.0 Å². The van der Waals surface area contributed by atoms with Crippen LogP contribution >= 0.6 is 11.6 Å². The molecule has 4 rings (SSSR count). The van der Waals surface area contributed by atoms with E-state index in [-0.39, 0.29) is 11.3 Å². The Morgan fingerprint density at radius 1 is 1.00 bits per heavy atom. The number of carbonyl (C=O) groups excluding carboxylic acids is 2. The summed E-state index contributed by atoms with van der Waals surface area (Å²) in [5, 5.41) is 11.5. The molecule has 1 aliphatic rings. The van der Waals surface area contributed by atoms with Crippen LogP contribution in [-0.4, -0.2) is 21.8 Å². The molecule has 0 saturated carbocycles. The number of aryl methyl sites for hydroxylation is 1. The second-order valence-corrected chi connectivity index (χ2v) is 7.21. The molecule has 0 bridgehead atoms. The van der Waals surface area contributed by atoms with Crippen molar-refractivity contribution in [3.63, 3.8) is 0 Å². The van der Waals surface area contributed by atoms with Crippen molar-refractivity contribution >= 4 is 34.9 Å². The van der Waals surface area contributed by atoms with Gasteiger partial charge in [-0.15, -0.1) is 0 Å². The van der Waals surface area contributed by atoms with E-state index in [1.807, 2.05) is 19.1 Å². The molecule has 6 heteroatoms. The Labute approximate surface area is 172 Å². The molecule has 1 N–H and O–H groups in total. The molecule has 144 valence electrons. The normalized spacial score (nSPS) is 18.3. The quantitative estimate of drug-likeness (QED) is 0.391. The monoisotopic (exact) mass is 404 g/mol. The zero-order valence-electron chi connectivity index (χ0n) is 15.5. The van der Waals surface area contributed by atoms with Crippen LogP contribution in [0.5, 0.6) is 0 Å². The molecular weight excluding hydrogens is 388 g/mol. The molecule has 1 saturated heterocycles. The average Bonchev–Trinajstić information content (AvgIpc) is 3.00. The van der Waals surface area contributed by atoms with Gasteiger partial charge in [0, 0.05) is 16.8 Å². The van der Waals surface area contributed by atoms with Crippen LogP contribution in [0.2, 0.25) is 5.02 Å². The van der Waals surface area contributed by atoms with Crippen molar-refractivity contribution in [1.82, 2.24) is 4.98 Å². The summed E-state index contributed by atoms with van der Waals surface area (Å²) in [6.07, 6.45) is 1.55. The molecule has 1 aromatic heterocycles. The number of hydrogen-bond acceptors (Lipinski definition) is 4. The lowest BCUT2D eigenvalue weighted by Crippen LogP contribution is -2.30. The third kappa shape index (κ3) is 3.41. The van der Waals surface area contributed by atoms with Gasteiger partial charge in [0.1, 0.15) is 11.6 Å². The fraction of sp³-hybridized carbons (Fsp3) is 0.0870. The summed E-state index contributed by atoms with van der Waals surface area (Å²) in [6, 6.07) is 18.2. The number of Topliss-reactive ketones (excluding diaryl/α,β-unsaturated/α-hetero) is 1. The predicted molar refractivity (Wildman–Crippen MR) is 112 cm³/mol. The van der Waals surface area contributed by atoms with E-state index in [1.54, 1.807) is 60.8 Å². The number of pyridine rings is 1. The first-order valence-electron chi connectivity index (χ1n) is 9.02. The molecule has 0 aliphatic carbocycles. The number of aliphatic hydroxyl groups is 1.